The molecule has 1 saturated carbocycles. The van der Waals surface area contributed by atoms with Crippen LogP contribution in [0, 0.1) is 18.7 Å². The van der Waals surface area contributed by atoms with Crippen LogP contribution in [0.2, 0.25) is 0 Å². The van der Waals surface area contributed by atoms with Crippen LogP contribution in [0.4, 0.5) is 4.39 Å². The fourth-order valence-electron chi connectivity index (χ4n) is 2.87. The highest BCUT2D eigenvalue weighted by molar-refractivity contribution is 5.80. The van der Waals surface area contributed by atoms with E-state index < -0.39 is 0 Å². The summed E-state index contributed by atoms with van der Waals surface area (Å²) in [6.07, 6.45) is 3.85. The summed E-state index contributed by atoms with van der Waals surface area (Å²) in [5.74, 6) is 2.55. The molecule has 8 heteroatoms. The molecule has 0 bridgehead atoms. The highest BCUT2D eigenvalue weighted by Crippen LogP contribution is 2.30. The predicted molar refractivity (Wildman–Crippen MR) is 110 cm³/mol. The summed E-state index contributed by atoms with van der Waals surface area (Å²) in [4.78, 5) is 8.77. The van der Waals surface area contributed by atoms with Gasteiger partial charge in [-0.1, -0.05) is 11.2 Å². The van der Waals surface area contributed by atoms with Crippen LogP contribution in [0.1, 0.15) is 56.4 Å². The van der Waals surface area contributed by atoms with Gasteiger partial charge in [0.25, 0.3) is 0 Å². The molecule has 1 aliphatic carbocycles. The van der Waals surface area contributed by atoms with Gasteiger partial charge in [-0.05, 0) is 63.6 Å². The first-order chi connectivity index (χ1) is 14.0. The maximum Gasteiger partial charge on any atom is 0.226 e. The van der Waals surface area contributed by atoms with Gasteiger partial charge in [-0.2, -0.15) is 4.98 Å². The lowest BCUT2D eigenvalue weighted by Gasteiger charge is -2.19. The van der Waals surface area contributed by atoms with Gasteiger partial charge in [0.05, 0.1) is 12.6 Å². The smallest absolute Gasteiger partial charge is 0.226 e. The standard InChI is InChI=1S/C21H30FN5O2/c1-4-23-21(24-11-5-6-20-26-15(3)27-29-20)25-14(2)17-9-10-19(18(22)12-17)28-13-16-7-8-16/h9-10,12,14,16H,4-8,11,13H2,1-3H3,(H2,23,24,25). The number of nitrogens with zero attached hydrogens (tertiary/aromatic N) is 3. The molecule has 1 fully saturated rings. The highest BCUT2D eigenvalue weighted by Gasteiger charge is 2.22. The van der Waals surface area contributed by atoms with Crippen molar-refractivity contribution >= 4 is 5.96 Å². The van der Waals surface area contributed by atoms with E-state index >= 15 is 0 Å². The molecule has 158 valence electrons. The molecule has 0 amide bonds. The van der Waals surface area contributed by atoms with E-state index in [1.807, 2.05) is 19.9 Å². The third-order valence-electron chi connectivity index (χ3n) is 4.71. The van der Waals surface area contributed by atoms with Crippen LogP contribution in [0.15, 0.2) is 27.7 Å². The Morgan fingerprint density at radius 3 is 2.90 bits per heavy atom. The Labute approximate surface area is 171 Å². The number of nitrogens with one attached hydrogen (secondary N) is 2. The first kappa shape index (κ1) is 21.1. The van der Waals surface area contributed by atoms with Crippen LogP contribution < -0.4 is 15.4 Å². The van der Waals surface area contributed by atoms with Crippen LogP contribution in [-0.4, -0.2) is 35.8 Å². The zero-order valence-electron chi connectivity index (χ0n) is 17.4. The lowest BCUT2D eigenvalue weighted by molar-refractivity contribution is 0.285. The molecule has 2 N–H and O–H groups in total. The summed E-state index contributed by atoms with van der Waals surface area (Å²) in [7, 11) is 0. The van der Waals surface area contributed by atoms with Gasteiger partial charge in [-0.25, -0.2) is 4.39 Å². The number of ether oxygens (including phenoxy) is 1. The van der Waals surface area contributed by atoms with Crippen LogP contribution >= 0.6 is 0 Å². The Morgan fingerprint density at radius 1 is 1.41 bits per heavy atom. The Hall–Kier alpha value is -2.64. The molecule has 1 aliphatic rings. The van der Waals surface area contributed by atoms with Crippen LogP contribution in [0.25, 0.3) is 0 Å². The molecule has 2 aromatic rings. The van der Waals surface area contributed by atoms with Crippen LogP contribution in [0.5, 0.6) is 5.75 Å². The third kappa shape index (κ3) is 6.73. The Balaban J connectivity index is 1.52. The largest absolute Gasteiger partial charge is 0.490 e. The fourth-order valence-corrected chi connectivity index (χ4v) is 2.87. The van der Waals surface area contributed by atoms with Crippen LogP contribution in [0.3, 0.4) is 0 Å². The minimum atomic E-state index is -0.325. The summed E-state index contributed by atoms with van der Waals surface area (Å²) in [6.45, 7) is 7.75. The number of aliphatic imine (C=N–C) groups is 1. The molecule has 1 heterocycles. The van der Waals surface area contributed by atoms with Crippen molar-refractivity contribution < 1.29 is 13.7 Å². The van der Waals surface area contributed by atoms with Crippen molar-refractivity contribution in [2.24, 2.45) is 10.9 Å². The maximum atomic E-state index is 14.4. The monoisotopic (exact) mass is 403 g/mol. The second-order valence-corrected chi connectivity index (χ2v) is 7.41. The fraction of sp³-hybridized carbons (Fsp3) is 0.571. The topological polar surface area (TPSA) is 84.6 Å². The molecular weight excluding hydrogens is 373 g/mol. The van der Waals surface area contributed by atoms with Gasteiger partial charge in [0.2, 0.25) is 5.89 Å². The van der Waals surface area contributed by atoms with E-state index in [-0.39, 0.29) is 11.9 Å². The van der Waals surface area contributed by atoms with Crippen LogP contribution in [-0.2, 0) is 6.42 Å². The molecule has 1 aromatic carbocycles. The number of hydrogen-bond donors (Lipinski definition) is 2. The summed E-state index contributed by atoms with van der Waals surface area (Å²) < 4.78 is 25.0. The van der Waals surface area contributed by atoms with Gasteiger partial charge in [0.1, 0.15) is 0 Å². The predicted octanol–water partition coefficient (Wildman–Crippen LogP) is 3.55. The van der Waals surface area contributed by atoms with Crippen molar-refractivity contribution in [1.82, 2.24) is 20.8 Å². The van der Waals surface area contributed by atoms with E-state index in [4.69, 9.17) is 9.26 Å². The molecule has 0 saturated heterocycles. The minimum Gasteiger partial charge on any atom is -0.490 e. The van der Waals surface area contributed by atoms with Crippen molar-refractivity contribution in [2.45, 2.75) is 52.5 Å². The summed E-state index contributed by atoms with van der Waals surface area (Å²) >= 11 is 0. The molecule has 0 radical (unpaired) electrons. The lowest BCUT2D eigenvalue weighted by atomic mass is 10.1. The molecule has 1 unspecified atom stereocenters. The average Bonchev–Trinajstić information content (AvgIpc) is 3.44. The molecular formula is C21H30FN5O2. The first-order valence-electron chi connectivity index (χ1n) is 10.3. The number of aromatic nitrogens is 2. The highest BCUT2D eigenvalue weighted by atomic mass is 19.1. The molecule has 1 aromatic heterocycles. The molecule has 0 spiro atoms. The number of hydrogen-bond acceptors (Lipinski definition) is 5. The van der Waals surface area contributed by atoms with Gasteiger partial charge < -0.3 is 19.9 Å². The number of aryl methyl sites for hydroxylation is 2. The van der Waals surface area contributed by atoms with Crippen molar-refractivity contribution in [3.05, 3.63) is 41.3 Å². The van der Waals surface area contributed by atoms with Gasteiger partial charge in [-0.15, -0.1) is 0 Å². The van der Waals surface area contributed by atoms with Crippen molar-refractivity contribution in [2.75, 3.05) is 19.7 Å². The molecule has 1 atom stereocenters. The van der Waals surface area contributed by atoms with Gasteiger partial charge >= 0.3 is 0 Å². The zero-order valence-corrected chi connectivity index (χ0v) is 17.4. The Morgan fingerprint density at radius 2 is 2.24 bits per heavy atom. The van der Waals surface area contributed by atoms with Gasteiger partial charge in [-0.3, -0.25) is 4.99 Å². The first-order valence-corrected chi connectivity index (χ1v) is 10.3. The second-order valence-electron chi connectivity index (χ2n) is 7.41. The number of rotatable bonds is 10. The van der Waals surface area contributed by atoms with Crippen molar-refractivity contribution in [1.29, 1.82) is 0 Å². The molecule has 29 heavy (non-hydrogen) atoms. The minimum absolute atomic E-state index is 0.0987. The summed E-state index contributed by atoms with van der Waals surface area (Å²) in [6, 6.07) is 5.03. The zero-order chi connectivity index (χ0) is 20.6. The molecule has 3 rings (SSSR count). The SMILES string of the molecule is CCNC(=NCCCc1nc(C)no1)NC(C)c1ccc(OCC2CC2)c(F)c1. The lowest BCUT2D eigenvalue weighted by Crippen LogP contribution is -2.38. The van der Waals surface area contributed by atoms with E-state index in [1.165, 1.54) is 18.9 Å². The summed E-state index contributed by atoms with van der Waals surface area (Å²) in [5.41, 5.74) is 0.841. The molecule has 7 nitrogen and oxygen atoms in total. The van der Waals surface area contributed by atoms with E-state index in [0.717, 1.165) is 18.5 Å². The second kappa shape index (κ2) is 10.2. The van der Waals surface area contributed by atoms with E-state index in [1.54, 1.807) is 13.0 Å². The van der Waals surface area contributed by atoms with E-state index in [0.29, 0.717) is 48.9 Å². The van der Waals surface area contributed by atoms with Crippen molar-refractivity contribution in [3.8, 4) is 5.75 Å². The Kier molecular flexibility index (Phi) is 7.43. The van der Waals surface area contributed by atoms with Gasteiger partial charge in [0, 0.05) is 19.5 Å². The number of halogens is 1. The Bertz CT molecular complexity index is 819. The quantitative estimate of drug-likeness (QED) is 0.359. The van der Waals surface area contributed by atoms with E-state index in [9.17, 15) is 4.39 Å². The van der Waals surface area contributed by atoms with Gasteiger partial charge in [0.15, 0.2) is 23.4 Å². The third-order valence-corrected chi connectivity index (χ3v) is 4.71. The number of benzene rings is 1. The normalized spacial score (nSPS) is 15.2. The average molecular weight is 404 g/mol. The molecule has 0 aliphatic heterocycles. The maximum absolute atomic E-state index is 14.4. The van der Waals surface area contributed by atoms with Crippen molar-refractivity contribution in [3.63, 3.8) is 0 Å². The number of guanidine groups is 1. The van der Waals surface area contributed by atoms with E-state index in [2.05, 4.69) is 25.8 Å². The summed E-state index contributed by atoms with van der Waals surface area (Å²) in [5, 5.41) is 10.3.